The zero-order valence-electron chi connectivity index (χ0n) is 11.1. The summed E-state index contributed by atoms with van der Waals surface area (Å²) in [6.07, 6.45) is 3.01. The second kappa shape index (κ2) is 5.66. The van der Waals surface area contributed by atoms with Crippen LogP contribution in [0.5, 0.6) is 0 Å². The van der Waals surface area contributed by atoms with E-state index in [1.807, 2.05) is 0 Å². The molecule has 1 fully saturated rings. The van der Waals surface area contributed by atoms with Crippen molar-refractivity contribution in [1.29, 1.82) is 0 Å². The molecule has 2 heterocycles. The van der Waals surface area contributed by atoms with Crippen LogP contribution in [0.2, 0.25) is 0 Å². The number of primary amides is 1. The number of aliphatic hydroxyl groups excluding tert-OH is 1. The summed E-state index contributed by atoms with van der Waals surface area (Å²) in [5.74, 6) is -0.388. The number of hydrogen-bond donors (Lipinski definition) is 2. The van der Waals surface area contributed by atoms with Gasteiger partial charge in [0.2, 0.25) is 5.89 Å². The van der Waals surface area contributed by atoms with Gasteiger partial charge >= 0.3 is 0 Å². The van der Waals surface area contributed by atoms with Crippen LogP contribution >= 0.6 is 0 Å². The van der Waals surface area contributed by atoms with Crippen molar-refractivity contribution in [2.45, 2.75) is 32.7 Å². The summed E-state index contributed by atoms with van der Waals surface area (Å²) >= 11 is 0. The van der Waals surface area contributed by atoms with Crippen molar-refractivity contribution < 1.29 is 14.4 Å². The topological polar surface area (TPSA) is 105 Å². The number of nitrogens with zero attached hydrogens (tertiary/aromatic N) is 3. The number of carbonyl (C=O) groups excluding carboxylic acids is 1. The fourth-order valence-electron chi connectivity index (χ4n) is 2.58. The van der Waals surface area contributed by atoms with Crippen LogP contribution in [-0.4, -0.2) is 45.8 Å². The third-order valence-electron chi connectivity index (χ3n) is 3.87. The molecule has 0 saturated carbocycles. The van der Waals surface area contributed by atoms with Crippen LogP contribution in [-0.2, 0) is 6.54 Å². The smallest absolute Gasteiger partial charge is 0.290 e. The van der Waals surface area contributed by atoms with Gasteiger partial charge in [-0.05, 0) is 25.8 Å². The maximum absolute atomic E-state index is 10.9. The van der Waals surface area contributed by atoms with Crippen LogP contribution in [0.25, 0.3) is 0 Å². The van der Waals surface area contributed by atoms with E-state index in [9.17, 15) is 9.90 Å². The maximum Gasteiger partial charge on any atom is 0.290 e. The molecule has 0 bridgehead atoms. The van der Waals surface area contributed by atoms with E-state index in [1.54, 1.807) is 0 Å². The molecule has 106 valence electrons. The maximum atomic E-state index is 10.9. The first-order chi connectivity index (χ1) is 9.08. The standard InChI is InChI=1S/C12H20N4O3/c1-2-12(8-17)4-3-5-16(7-12)6-9-14-11(10(13)18)15-19-9/h17H,2-8H2,1H3,(H2,13,18)/t12-/m0/s1. The van der Waals surface area contributed by atoms with Crippen LogP contribution in [0.3, 0.4) is 0 Å². The van der Waals surface area contributed by atoms with Gasteiger partial charge in [0.25, 0.3) is 11.7 Å². The lowest BCUT2D eigenvalue weighted by Crippen LogP contribution is -2.44. The highest BCUT2D eigenvalue weighted by Gasteiger charge is 2.33. The minimum absolute atomic E-state index is 0.0369. The lowest BCUT2D eigenvalue weighted by molar-refractivity contribution is 0.0217. The van der Waals surface area contributed by atoms with Gasteiger partial charge in [-0.2, -0.15) is 4.98 Å². The zero-order chi connectivity index (χ0) is 13.9. The molecule has 3 N–H and O–H groups in total. The van der Waals surface area contributed by atoms with Gasteiger partial charge in [-0.1, -0.05) is 12.1 Å². The van der Waals surface area contributed by atoms with Gasteiger partial charge in [0.1, 0.15) is 0 Å². The Kier molecular flexibility index (Phi) is 4.16. The third kappa shape index (κ3) is 3.10. The van der Waals surface area contributed by atoms with E-state index in [4.69, 9.17) is 10.3 Å². The quantitative estimate of drug-likeness (QED) is 0.787. The van der Waals surface area contributed by atoms with Gasteiger partial charge < -0.3 is 15.4 Å². The Morgan fingerprint density at radius 3 is 3.00 bits per heavy atom. The van der Waals surface area contributed by atoms with E-state index in [0.29, 0.717) is 12.4 Å². The number of amides is 1. The molecule has 1 amide bonds. The largest absolute Gasteiger partial charge is 0.396 e. The Hall–Kier alpha value is -1.47. The minimum atomic E-state index is -0.688. The molecule has 1 aliphatic rings. The molecular weight excluding hydrogens is 248 g/mol. The summed E-state index contributed by atoms with van der Waals surface area (Å²) in [6.45, 7) is 4.50. The first-order valence-corrected chi connectivity index (χ1v) is 6.54. The highest BCUT2D eigenvalue weighted by atomic mass is 16.5. The first kappa shape index (κ1) is 14.0. The molecule has 1 aromatic rings. The number of likely N-dealkylation sites (tertiary alicyclic amines) is 1. The molecule has 2 rings (SSSR count). The van der Waals surface area contributed by atoms with Crippen molar-refractivity contribution in [2.24, 2.45) is 11.1 Å². The molecule has 1 atom stereocenters. The first-order valence-electron chi connectivity index (χ1n) is 6.54. The number of nitrogens with two attached hydrogens (primary N) is 1. The summed E-state index contributed by atoms with van der Waals surface area (Å²) in [7, 11) is 0. The van der Waals surface area contributed by atoms with E-state index in [1.165, 1.54) is 0 Å². The monoisotopic (exact) mass is 268 g/mol. The Balaban J connectivity index is 2.00. The Labute approximate surface area is 111 Å². The Morgan fingerprint density at radius 1 is 1.63 bits per heavy atom. The minimum Gasteiger partial charge on any atom is -0.396 e. The molecule has 7 heteroatoms. The Morgan fingerprint density at radius 2 is 2.42 bits per heavy atom. The highest BCUT2D eigenvalue weighted by molar-refractivity contribution is 5.88. The Bertz CT molecular complexity index is 442. The van der Waals surface area contributed by atoms with Gasteiger partial charge in [0.05, 0.1) is 6.54 Å². The molecule has 0 aromatic carbocycles. The number of aromatic nitrogens is 2. The number of piperidine rings is 1. The van der Waals surface area contributed by atoms with Crippen molar-refractivity contribution in [3.8, 4) is 0 Å². The van der Waals surface area contributed by atoms with Gasteiger partial charge in [0.15, 0.2) is 0 Å². The SMILES string of the molecule is CC[C@]1(CO)CCCN(Cc2nc(C(N)=O)no2)C1. The molecule has 0 spiro atoms. The molecule has 7 nitrogen and oxygen atoms in total. The lowest BCUT2D eigenvalue weighted by atomic mass is 9.78. The predicted molar refractivity (Wildman–Crippen MR) is 67.1 cm³/mol. The summed E-state index contributed by atoms with van der Waals surface area (Å²) < 4.78 is 5.00. The predicted octanol–water partition coefficient (Wildman–Crippen LogP) is 0.153. The van der Waals surface area contributed by atoms with E-state index < -0.39 is 5.91 Å². The van der Waals surface area contributed by atoms with Gasteiger partial charge in [-0.25, -0.2) is 0 Å². The van der Waals surface area contributed by atoms with Crippen molar-refractivity contribution >= 4 is 5.91 Å². The van der Waals surface area contributed by atoms with Gasteiger partial charge in [-0.3, -0.25) is 9.69 Å². The molecule has 1 aromatic heterocycles. The highest BCUT2D eigenvalue weighted by Crippen LogP contribution is 2.33. The van der Waals surface area contributed by atoms with E-state index in [-0.39, 0.29) is 17.8 Å². The molecule has 0 radical (unpaired) electrons. The second-order valence-electron chi connectivity index (χ2n) is 5.20. The van der Waals surface area contributed by atoms with Crippen molar-refractivity contribution in [1.82, 2.24) is 15.0 Å². The molecule has 0 unspecified atom stereocenters. The number of rotatable bonds is 5. The molecule has 0 aliphatic carbocycles. The van der Waals surface area contributed by atoms with E-state index in [2.05, 4.69) is 22.0 Å². The van der Waals surface area contributed by atoms with Crippen LogP contribution in [0.15, 0.2) is 4.52 Å². The molecule has 1 aliphatic heterocycles. The molecular formula is C12H20N4O3. The lowest BCUT2D eigenvalue weighted by Gasteiger charge is -2.40. The van der Waals surface area contributed by atoms with Gasteiger partial charge in [0, 0.05) is 18.6 Å². The number of aliphatic hydroxyl groups is 1. The average Bonchev–Trinajstić information content (AvgIpc) is 2.87. The van der Waals surface area contributed by atoms with E-state index in [0.717, 1.165) is 32.4 Å². The average molecular weight is 268 g/mol. The normalized spacial score (nSPS) is 24.5. The number of hydrogen-bond acceptors (Lipinski definition) is 6. The number of carbonyl (C=O) groups is 1. The van der Waals surface area contributed by atoms with Crippen LogP contribution in [0.4, 0.5) is 0 Å². The van der Waals surface area contributed by atoms with Crippen molar-refractivity contribution in [2.75, 3.05) is 19.7 Å². The van der Waals surface area contributed by atoms with Crippen molar-refractivity contribution in [3.63, 3.8) is 0 Å². The molecule has 1 saturated heterocycles. The summed E-state index contributed by atoms with van der Waals surface area (Å²) in [5, 5.41) is 13.1. The summed E-state index contributed by atoms with van der Waals surface area (Å²) in [5.41, 5.74) is 5.04. The third-order valence-corrected chi connectivity index (χ3v) is 3.87. The van der Waals surface area contributed by atoms with Crippen LogP contribution in [0.1, 0.15) is 42.7 Å². The molecule has 19 heavy (non-hydrogen) atoms. The zero-order valence-corrected chi connectivity index (χ0v) is 11.1. The second-order valence-corrected chi connectivity index (χ2v) is 5.20. The summed E-state index contributed by atoms with van der Waals surface area (Å²) in [6, 6.07) is 0. The van der Waals surface area contributed by atoms with Crippen LogP contribution < -0.4 is 5.73 Å². The van der Waals surface area contributed by atoms with Crippen molar-refractivity contribution in [3.05, 3.63) is 11.7 Å². The summed E-state index contributed by atoms with van der Waals surface area (Å²) in [4.78, 5) is 17.0. The van der Waals surface area contributed by atoms with E-state index >= 15 is 0 Å². The fourth-order valence-corrected chi connectivity index (χ4v) is 2.58. The van der Waals surface area contributed by atoms with Crippen LogP contribution in [0, 0.1) is 5.41 Å². The fraction of sp³-hybridized carbons (Fsp3) is 0.750. The van der Waals surface area contributed by atoms with Gasteiger partial charge in [-0.15, -0.1) is 0 Å².